The van der Waals surface area contributed by atoms with E-state index >= 15 is 0 Å². The number of carboxylic acids is 1. The Morgan fingerprint density at radius 3 is 2.45 bits per heavy atom. The molecular weight excluding hydrogens is 330 g/mol. The van der Waals surface area contributed by atoms with Crippen molar-refractivity contribution in [2.45, 2.75) is 38.1 Å². The third-order valence-electron chi connectivity index (χ3n) is 3.04. The Labute approximate surface area is 135 Å². The first-order valence-electron chi connectivity index (χ1n) is 6.67. The van der Waals surface area contributed by atoms with Gasteiger partial charge in [-0.2, -0.15) is 4.72 Å². The number of halogens is 1. The van der Waals surface area contributed by atoms with Crippen LogP contribution in [0.25, 0.3) is 0 Å². The highest BCUT2D eigenvalue weighted by Crippen LogP contribution is 2.30. The van der Waals surface area contributed by atoms with E-state index in [0.717, 1.165) is 0 Å². The Bertz CT molecular complexity index is 657. The van der Waals surface area contributed by atoms with E-state index in [0.29, 0.717) is 11.3 Å². The van der Waals surface area contributed by atoms with Crippen LogP contribution in [-0.2, 0) is 14.8 Å². The molecule has 124 valence electrons. The molecule has 0 unspecified atom stereocenters. The fraction of sp³-hybridized carbons (Fsp3) is 0.500. The van der Waals surface area contributed by atoms with Crippen LogP contribution >= 0.6 is 11.6 Å². The number of aliphatic carboxylic acids is 1. The summed E-state index contributed by atoms with van der Waals surface area (Å²) in [5.74, 6) is -0.825. The van der Waals surface area contributed by atoms with Crippen molar-refractivity contribution in [3.63, 3.8) is 0 Å². The van der Waals surface area contributed by atoms with E-state index in [1.54, 1.807) is 6.92 Å². The van der Waals surface area contributed by atoms with Crippen LogP contribution in [0.3, 0.4) is 0 Å². The van der Waals surface area contributed by atoms with Gasteiger partial charge in [-0.1, -0.05) is 25.4 Å². The number of sulfonamides is 1. The van der Waals surface area contributed by atoms with Gasteiger partial charge in [0.1, 0.15) is 11.8 Å². The molecule has 0 amide bonds. The highest BCUT2D eigenvalue weighted by molar-refractivity contribution is 7.89. The minimum atomic E-state index is -4.00. The average Bonchev–Trinajstić information content (AvgIpc) is 2.39. The molecule has 0 aromatic heterocycles. The largest absolute Gasteiger partial charge is 0.495 e. The lowest BCUT2D eigenvalue weighted by Gasteiger charge is -2.18. The van der Waals surface area contributed by atoms with Gasteiger partial charge in [-0.05, 0) is 37.0 Å². The number of methoxy groups -OCH3 is 1. The van der Waals surface area contributed by atoms with Crippen LogP contribution in [0.2, 0.25) is 5.02 Å². The maximum atomic E-state index is 12.4. The molecule has 1 rings (SSSR count). The van der Waals surface area contributed by atoms with Gasteiger partial charge in [0.25, 0.3) is 0 Å². The Balaban J connectivity index is 3.18. The van der Waals surface area contributed by atoms with Gasteiger partial charge in [0.15, 0.2) is 0 Å². The molecule has 0 bridgehead atoms. The zero-order valence-corrected chi connectivity index (χ0v) is 14.5. The van der Waals surface area contributed by atoms with Crippen molar-refractivity contribution in [2.24, 2.45) is 5.92 Å². The van der Waals surface area contributed by atoms with Crippen LogP contribution in [0, 0.1) is 12.8 Å². The molecule has 0 heterocycles. The number of carboxylic acid groups (broad SMARTS) is 1. The van der Waals surface area contributed by atoms with Gasteiger partial charge in [0.05, 0.1) is 17.0 Å². The van der Waals surface area contributed by atoms with E-state index < -0.39 is 22.0 Å². The molecule has 0 aliphatic rings. The third kappa shape index (κ3) is 4.59. The van der Waals surface area contributed by atoms with Crippen molar-refractivity contribution in [3.05, 3.63) is 22.7 Å². The Morgan fingerprint density at radius 1 is 1.41 bits per heavy atom. The Hall–Kier alpha value is -1.31. The summed E-state index contributed by atoms with van der Waals surface area (Å²) in [7, 11) is -2.57. The fourth-order valence-corrected chi connectivity index (χ4v) is 3.76. The van der Waals surface area contributed by atoms with Crippen LogP contribution in [-0.4, -0.2) is 32.6 Å². The molecule has 0 saturated heterocycles. The Morgan fingerprint density at radius 2 is 2.00 bits per heavy atom. The van der Waals surface area contributed by atoms with Crippen molar-refractivity contribution < 1.29 is 23.1 Å². The second-order valence-corrected chi connectivity index (χ2v) is 7.48. The van der Waals surface area contributed by atoms with Crippen LogP contribution in [0.4, 0.5) is 0 Å². The first-order chi connectivity index (χ1) is 10.1. The fourth-order valence-electron chi connectivity index (χ4n) is 2.00. The topological polar surface area (TPSA) is 92.7 Å². The highest BCUT2D eigenvalue weighted by atomic mass is 35.5. The van der Waals surface area contributed by atoms with Gasteiger partial charge in [0, 0.05) is 0 Å². The van der Waals surface area contributed by atoms with E-state index in [4.69, 9.17) is 21.4 Å². The summed E-state index contributed by atoms with van der Waals surface area (Å²) in [6.45, 7) is 5.23. The third-order valence-corrected chi connectivity index (χ3v) is 4.95. The number of hydrogen-bond acceptors (Lipinski definition) is 4. The lowest BCUT2D eigenvalue weighted by atomic mass is 10.1. The molecule has 0 fully saturated rings. The molecule has 0 saturated carbocycles. The number of hydrogen-bond donors (Lipinski definition) is 2. The van der Waals surface area contributed by atoms with Crippen molar-refractivity contribution in [2.75, 3.05) is 7.11 Å². The molecule has 0 aliphatic heterocycles. The van der Waals surface area contributed by atoms with E-state index in [9.17, 15) is 13.2 Å². The Kier molecular flexibility index (Phi) is 6.22. The van der Waals surface area contributed by atoms with Crippen LogP contribution < -0.4 is 9.46 Å². The van der Waals surface area contributed by atoms with E-state index in [2.05, 4.69) is 4.72 Å². The summed E-state index contributed by atoms with van der Waals surface area (Å²) in [6, 6.07) is 1.56. The first-order valence-corrected chi connectivity index (χ1v) is 8.54. The standard InChI is InChI=1S/C14H20ClNO5S/c1-8(2)5-11(14(17)18)16-22(19,20)13-7-10(15)12(21-4)6-9(13)3/h6-8,11,16H,5H2,1-4H3,(H,17,18)/t11-/m1/s1. The number of nitrogens with one attached hydrogen (secondary N) is 1. The van der Waals surface area contributed by atoms with Gasteiger partial charge >= 0.3 is 5.97 Å². The minimum Gasteiger partial charge on any atom is -0.495 e. The number of benzene rings is 1. The van der Waals surface area contributed by atoms with Gasteiger partial charge in [-0.3, -0.25) is 4.79 Å². The van der Waals surface area contributed by atoms with Crippen LogP contribution in [0.1, 0.15) is 25.8 Å². The molecule has 1 atom stereocenters. The summed E-state index contributed by atoms with van der Waals surface area (Å²) < 4.78 is 32.1. The average molecular weight is 350 g/mol. The van der Waals surface area contributed by atoms with Crippen molar-refractivity contribution in [1.82, 2.24) is 4.72 Å². The van der Waals surface area contributed by atoms with E-state index in [1.165, 1.54) is 19.2 Å². The lowest BCUT2D eigenvalue weighted by Crippen LogP contribution is -2.41. The lowest BCUT2D eigenvalue weighted by molar-refractivity contribution is -0.139. The monoisotopic (exact) mass is 349 g/mol. The number of ether oxygens (including phenoxy) is 1. The summed E-state index contributed by atoms with van der Waals surface area (Å²) in [5.41, 5.74) is 0.419. The van der Waals surface area contributed by atoms with Crippen molar-refractivity contribution in [1.29, 1.82) is 0 Å². The number of carbonyl (C=O) groups is 1. The smallest absolute Gasteiger partial charge is 0.321 e. The predicted octanol–water partition coefficient (Wildman–Crippen LogP) is 2.43. The van der Waals surface area contributed by atoms with Gasteiger partial charge in [0.2, 0.25) is 10.0 Å². The molecule has 1 aromatic carbocycles. The van der Waals surface area contributed by atoms with E-state index in [-0.39, 0.29) is 22.3 Å². The SMILES string of the molecule is COc1cc(C)c(S(=O)(=O)N[C@H](CC(C)C)C(=O)O)cc1Cl. The molecule has 1 aromatic rings. The summed E-state index contributed by atoms with van der Waals surface area (Å²) >= 11 is 5.96. The molecule has 0 aliphatic carbocycles. The summed E-state index contributed by atoms with van der Waals surface area (Å²) in [6.07, 6.45) is 0.192. The van der Waals surface area contributed by atoms with Gasteiger partial charge in [-0.15, -0.1) is 0 Å². The molecular formula is C14H20ClNO5S. The molecule has 6 nitrogen and oxygen atoms in total. The predicted molar refractivity (Wildman–Crippen MR) is 83.9 cm³/mol. The zero-order chi connectivity index (χ0) is 17.1. The second-order valence-electron chi connectivity index (χ2n) is 5.39. The van der Waals surface area contributed by atoms with E-state index in [1.807, 2.05) is 13.8 Å². The summed E-state index contributed by atoms with van der Waals surface area (Å²) in [4.78, 5) is 11.2. The van der Waals surface area contributed by atoms with Crippen molar-refractivity contribution in [3.8, 4) is 5.75 Å². The molecule has 22 heavy (non-hydrogen) atoms. The highest BCUT2D eigenvalue weighted by Gasteiger charge is 2.27. The molecule has 2 N–H and O–H groups in total. The quantitative estimate of drug-likeness (QED) is 0.788. The maximum Gasteiger partial charge on any atom is 0.321 e. The van der Waals surface area contributed by atoms with Gasteiger partial charge < -0.3 is 9.84 Å². The zero-order valence-electron chi connectivity index (χ0n) is 12.9. The van der Waals surface area contributed by atoms with Crippen molar-refractivity contribution >= 4 is 27.6 Å². The number of aryl methyl sites for hydroxylation is 1. The number of rotatable bonds is 7. The first kappa shape index (κ1) is 18.7. The summed E-state index contributed by atoms with van der Waals surface area (Å²) in [5, 5.41) is 9.31. The molecule has 0 spiro atoms. The van der Waals surface area contributed by atoms with Gasteiger partial charge in [-0.25, -0.2) is 8.42 Å². The molecule has 0 radical (unpaired) electrons. The maximum absolute atomic E-state index is 12.4. The van der Waals surface area contributed by atoms with Crippen LogP contribution in [0.5, 0.6) is 5.75 Å². The van der Waals surface area contributed by atoms with Crippen LogP contribution in [0.15, 0.2) is 17.0 Å². The normalized spacial score (nSPS) is 13.2. The second kappa shape index (κ2) is 7.30. The minimum absolute atomic E-state index is 0.0318. The molecule has 8 heteroatoms.